The summed E-state index contributed by atoms with van der Waals surface area (Å²) in [5, 5.41) is 18.9. The number of hydrogen-bond donors (Lipinski definition) is 2. The molecule has 0 saturated carbocycles. The van der Waals surface area contributed by atoms with Gasteiger partial charge >= 0.3 is 0 Å². The van der Waals surface area contributed by atoms with Crippen molar-refractivity contribution >= 4 is 21.6 Å². The van der Waals surface area contributed by atoms with Gasteiger partial charge in [0.1, 0.15) is 10.6 Å². The third kappa shape index (κ3) is 6.63. The van der Waals surface area contributed by atoms with E-state index >= 15 is 0 Å². The van der Waals surface area contributed by atoms with Crippen molar-refractivity contribution in [1.29, 1.82) is 0 Å². The zero-order valence-electron chi connectivity index (χ0n) is 23.4. The molecule has 0 bridgehead atoms. The molecule has 0 saturated heterocycles. The van der Waals surface area contributed by atoms with Crippen LogP contribution in [-0.4, -0.2) is 40.6 Å². The van der Waals surface area contributed by atoms with Crippen LogP contribution in [0, 0.1) is 30.9 Å². The molecule has 210 valence electrons. The second kappa shape index (κ2) is 11.1. The van der Waals surface area contributed by atoms with E-state index in [4.69, 9.17) is 4.74 Å². The molecule has 1 aromatic heterocycles. The van der Waals surface area contributed by atoms with E-state index in [-0.39, 0.29) is 23.4 Å². The summed E-state index contributed by atoms with van der Waals surface area (Å²) in [6, 6.07) is 8.84. The lowest BCUT2D eigenvalue weighted by Gasteiger charge is -2.21. The fourth-order valence-electron chi connectivity index (χ4n) is 3.81. The highest BCUT2D eigenvalue weighted by Gasteiger charge is 2.30. The normalized spacial score (nSPS) is 12.7. The van der Waals surface area contributed by atoms with E-state index < -0.39 is 37.0 Å². The van der Waals surface area contributed by atoms with Crippen LogP contribution in [0.5, 0.6) is 11.6 Å². The Balaban J connectivity index is 2.26. The number of sulfonamides is 1. The van der Waals surface area contributed by atoms with Crippen LogP contribution in [0.25, 0.3) is 5.69 Å². The smallest absolute Gasteiger partial charge is 0.272 e. The highest BCUT2D eigenvalue weighted by Crippen LogP contribution is 2.36. The largest absolute Gasteiger partial charge is 0.437 e. The van der Waals surface area contributed by atoms with E-state index in [1.807, 2.05) is 45.9 Å². The molecular formula is C27H35N5O6S. The molecule has 1 heterocycles. The number of nitrogens with one attached hydrogen (secondary N) is 2. The van der Waals surface area contributed by atoms with Crippen molar-refractivity contribution in [2.45, 2.75) is 78.3 Å². The monoisotopic (exact) mass is 557 g/mol. The average Bonchev–Trinajstić information content (AvgIpc) is 3.15. The Morgan fingerprint density at radius 3 is 2.41 bits per heavy atom. The van der Waals surface area contributed by atoms with Crippen molar-refractivity contribution in [3.8, 4) is 17.3 Å². The second-order valence-corrected chi connectivity index (χ2v) is 12.2. The lowest BCUT2D eigenvalue weighted by atomic mass is 10.1. The zero-order chi connectivity index (χ0) is 29.3. The number of non-ortho nitro benzene ring substituents is 1. The summed E-state index contributed by atoms with van der Waals surface area (Å²) in [4.78, 5) is 23.5. The van der Waals surface area contributed by atoms with Crippen LogP contribution in [-0.2, 0) is 10.0 Å². The first kappa shape index (κ1) is 29.8. The number of ether oxygens (including phenoxy) is 1. The van der Waals surface area contributed by atoms with Crippen molar-refractivity contribution in [2.24, 2.45) is 0 Å². The van der Waals surface area contributed by atoms with Crippen molar-refractivity contribution in [1.82, 2.24) is 19.8 Å². The molecule has 1 atom stereocenters. The number of benzene rings is 2. The molecule has 0 aliphatic carbocycles. The number of carbonyl (C=O) groups is 1. The van der Waals surface area contributed by atoms with Crippen LogP contribution in [0.15, 0.2) is 41.3 Å². The van der Waals surface area contributed by atoms with Crippen molar-refractivity contribution in [3.05, 3.63) is 68.9 Å². The molecule has 39 heavy (non-hydrogen) atoms. The number of nitrogens with zero attached hydrogens (tertiary/aromatic N) is 3. The Bertz CT molecular complexity index is 1520. The van der Waals surface area contributed by atoms with Crippen LogP contribution in [0.3, 0.4) is 0 Å². The van der Waals surface area contributed by atoms with Crippen LogP contribution in [0.1, 0.15) is 68.2 Å². The molecule has 3 rings (SSSR count). The molecule has 0 unspecified atom stereocenters. The van der Waals surface area contributed by atoms with Gasteiger partial charge in [0, 0.05) is 29.3 Å². The summed E-state index contributed by atoms with van der Waals surface area (Å²) < 4.78 is 36.8. The SMILES string of the molecule is CC[C@@H](C)NC(=O)c1nn(-c2cccc(C)c2C)c(Oc2ccc([N+](=O)[O-])cc2S(=O)(=O)NC(C)(C)C)c1C. The fourth-order valence-corrected chi connectivity index (χ4v) is 5.37. The highest BCUT2D eigenvalue weighted by molar-refractivity contribution is 7.89. The molecular weight excluding hydrogens is 522 g/mol. The summed E-state index contributed by atoms with van der Waals surface area (Å²) in [6.07, 6.45) is 0.719. The van der Waals surface area contributed by atoms with Gasteiger partial charge in [0.05, 0.1) is 10.6 Å². The number of carbonyl (C=O) groups excluding carboxylic acids is 1. The number of nitro groups is 1. The van der Waals surface area contributed by atoms with Crippen LogP contribution >= 0.6 is 0 Å². The first-order valence-corrected chi connectivity index (χ1v) is 14.0. The molecule has 0 fully saturated rings. The number of nitro benzene ring substituents is 1. The fraction of sp³-hybridized carbons (Fsp3) is 0.407. The summed E-state index contributed by atoms with van der Waals surface area (Å²) in [6.45, 7) is 14.3. The van der Waals surface area contributed by atoms with E-state index in [0.717, 1.165) is 29.7 Å². The minimum atomic E-state index is -4.25. The molecule has 2 N–H and O–H groups in total. The van der Waals surface area contributed by atoms with E-state index in [1.54, 1.807) is 27.7 Å². The Morgan fingerprint density at radius 2 is 1.82 bits per heavy atom. The Hall–Kier alpha value is -3.77. The Morgan fingerprint density at radius 1 is 1.15 bits per heavy atom. The van der Waals surface area contributed by atoms with Gasteiger partial charge in [0.2, 0.25) is 15.9 Å². The summed E-state index contributed by atoms with van der Waals surface area (Å²) in [5.74, 6) is -0.443. The zero-order valence-corrected chi connectivity index (χ0v) is 24.3. The predicted molar refractivity (Wildman–Crippen MR) is 148 cm³/mol. The van der Waals surface area contributed by atoms with Gasteiger partial charge in [0.25, 0.3) is 11.6 Å². The maximum Gasteiger partial charge on any atom is 0.272 e. The quantitative estimate of drug-likeness (QED) is 0.275. The van der Waals surface area contributed by atoms with Crippen molar-refractivity contribution < 1.29 is 22.9 Å². The molecule has 12 heteroatoms. The highest BCUT2D eigenvalue weighted by atomic mass is 32.2. The molecule has 11 nitrogen and oxygen atoms in total. The molecule has 1 amide bonds. The maximum atomic E-state index is 13.3. The second-order valence-electron chi connectivity index (χ2n) is 10.5. The van der Waals surface area contributed by atoms with Gasteiger partial charge < -0.3 is 10.1 Å². The molecule has 0 aliphatic rings. The molecule has 0 aliphatic heterocycles. The number of rotatable bonds is 9. The number of aryl methyl sites for hydroxylation is 1. The first-order chi connectivity index (χ1) is 18.1. The van der Waals surface area contributed by atoms with Crippen LogP contribution < -0.4 is 14.8 Å². The molecule has 2 aromatic carbocycles. The van der Waals surface area contributed by atoms with Gasteiger partial charge in [-0.25, -0.2) is 13.1 Å². The lowest BCUT2D eigenvalue weighted by Crippen LogP contribution is -2.40. The lowest BCUT2D eigenvalue weighted by molar-refractivity contribution is -0.385. The third-order valence-electron chi connectivity index (χ3n) is 6.15. The van der Waals surface area contributed by atoms with E-state index in [1.165, 1.54) is 10.7 Å². The number of aromatic nitrogens is 2. The Labute approximate surface area is 228 Å². The third-order valence-corrected chi connectivity index (χ3v) is 7.93. The standard InChI is InChI=1S/C27H35N5O6S/c1-9-17(3)28-25(33)24-19(5)26(31(29-24)21-12-10-11-16(2)18(21)4)38-22-14-13-20(32(34)35)15-23(22)39(36,37)30-27(6,7)8/h10-15,17,30H,9H2,1-8H3,(H,28,33)/t17-/m1/s1. The van der Waals surface area contributed by atoms with Gasteiger partial charge in [-0.15, -0.1) is 0 Å². The summed E-state index contributed by atoms with van der Waals surface area (Å²) in [7, 11) is -4.25. The van der Waals surface area contributed by atoms with E-state index in [2.05, 4.69) is 15.1 Å². The minimum Gasteiger partial charge on any atom is -0.437 e. The average molecular weight is 558 g/mol. The van der Waals surface area contributed by atoms with Crippen molar-refractivity contribution in [3.63, 3.8) is 0 Å². The first-order valence-electron chi connectivity index (χ1n) is 12.5. The minimum absolute atomic E-state index is 0.0954. The van der Waals surface area contributed by atoms with E-state index in [0.29, 0.717) is 11.3 Å². The van der Waals surface area contributed by atoms with Gasteiger partial charge in [-0.1, -0.05) is 19.1 Å². The van der Waals surface area contributed by atoms with Gasteiger partial charge in [0.15, 0.2) is 5.69 Å². The Kier molecular flexibility index (Phi) is 8.51. The topological polar surface area (TPSA) is 145 Å². The molecule has 0 spiro atoms. The predicted octanol–water partition coefficient (Wildman–Crippen LogP) is 5.10. The number of amides is 1. The van der Waals surface area contributed by atoms with Crippen LogP contribution in [0.2, 0.25) is 0 Å². The van der Waals surface area contributed by atoms with Gasteiger partial charge in [-0.2, -0.15) is 9.78 Å². The summed E-state index contributed by atoms with van der Waals surface area (Å²) in [5.41, 5.74) is 1.71. The molecule has 0 radical (unpaired) electrons. The van der Waals surface area contributed by atoms with Crippen LogP contribution in [0.4, 0.5) is 5.69 Å². The van der Waals surface area contributed by atoms with E-state index in [9.17, 15) is 23.3 Å². The summed E-state index contributed by atoms with van der Waals surface area (Å²) >= 11 is 0. The molecule has 3 aromatic rings. The van der Waals surface area contributed by atoms with Gasteiger partial charge in [-0.05, 0) is 78.1 Å². The number of hydrogen-bond acceptors (Lipinski definition) is 7. The van der Waals surface area contributed by atoms with Gasteiger partial charge in [-0.3, -0.25) is 14.9 Å². The van der Waals surface area contributed by atoms with Crippen molar-refractivity contribution in [2.75, 3.05) is 0 Å². The maximum absolute atomic E-state index is 13.3.